The minimum atomic E-state index is -0.946. The molecule has 14 heavy (non-hydrogen) atoms. The van der Waals surface area contributed by atoms with E-state index in [4.69, 9.17) is 23.2 Å². The molecule has 0 spiro atoms. The van der Waals surface area contributed by atoms with Gasteiger partial charge >= 0.3 is 0 Å². The topological polar surface area (TPSA) is 32.3 Å². The summed E-state index contributed by atoms with van der Waals surface area (Å²) in [5.41, 5.74) is 2.99. The van der Waals surface area contributed by atoms with Gasteiger partial charge in [0.25, 0.3) is 0 Å². The van der Waals surface area contributed by atoms with E-state index in [2.05, 4.69) is 5.32 Å². The van der Waals surface area contributed by atoms with Gasteiger partial charge in [0.15, 0.2) is 11.1 Å². The quantitative estimate of drug-likeness (QED) is 0.622. The van der Waals surface area contributed by atoms with Gasteiger partial charge in [-0.15, -0.1) is 23.2 Å². The number of aliphatic hydroxyl groups excluding tert-OH is 1. The van der Waals surface area contributed by atoms with Crippen LogP contribution in [0.25, 0.3) is 0 Å². The third-order valence-corrected chi connectivity index (χ3v) is 2.49. The van der Waals surface area contributed by atoms with Crippen LogP contribution in [0.3, 0.4) is 0 Å². The molecular weight excluding hydrogens is 221 g/mol. The van der Waals surface area contributed by atoms with Crippen molar-refractivity contribution in [2.45, 2.75) is 24.9 Å². The first-order chi connectivity index (χ1) is 6.52. The maximum absolute atomic E-state index is 9.45. The fourth-order valence-corrected chi connectivity index (χ4v) is 1.38. The second-order valence-corrected chi connectivity index (χ2v) is 4.35. The Kier molecular flexibility index (Phi) is 4.05. The van der Waals surface area contributed by atoms with Gasteiger partial charge < -0.3 is 10.4 Å². The summed E-state index contributed by atoms with van der Waals surface area (Å²) >= 11 is 11.1. The van der Waals surface area contributed by atoms with Gasteiger partial charge in [0, 0.05) is 5.69 Å². The molecule has 4 heteroatoms. The summed E-state index contributed by atoms with van der Waals surface area (Å²) in [5, 5.41) is 12.3. The summed E-state index contributed by atoms with van der Waals surface area (Å²) in [6.07, 6.45) is -0.946. The van der Waals surface area contributed by atoms with Crippen molar-refractivity contribution in [1.29, 1.82) is 0 Å². The zero-order chi connectivity index (χ0) is 10.7. The van der Waals surface area contributed by atoms with Gasteiger partial charge in [0.05, 0.1) is 0 Å². The van der Waals surface area contributed by atoms with Gasteiger partial charge in [-0.1, -0.05) is 18.2 Å². The number of aliphatic hydroxyl groups is 1. The lowest BCUT2D eigenvalue weighted by Gasteiger charge is -2.18. The number of aryl methyl sites for hydroxylation is 2. The molecule has 0 radical (unpaired) electrons. The predicted octanol–water partition coefficient (Wildman–Crippen LogP) is 2.84. The average Bonchev–Trinajstić information content (AvgIpc) is 2.11. The van der Waals surface area contributed by atoms with Gasteiger partial charge in [-0.2, -0.15) is 0 Å². The average molecular weight is 234 g/mol. The van der Waals surface area contributed by atoms with E-state index in [9.17, 15) is 5.11 Å². The SMILES string of the molecule is Cc1cccc(C)c1NC(O)C(Cl)Cl. The third kappa shape index (κ3) is 2.77. The highest BCUT2D eigenvalue weighted by Gasteiger charge is 2.14. The van der Waals surface area contributed by atoms with E-state index in [0.29, 0.717) is 0 Å². The summed E-state index contributed by atoms with van der Waals surface area (Å²) < 4.78 is 0. The van der Waals surface area contributed by atoms with Crippen molar-refractivity contribution in [3.63, 3.8) is 0 Å². The van der Waals surface area contributed by atoms with E-state index in [1.165, 1.54) is 0 Å². The number of benzene rings is 1. The smallest absolute Gasteiger partial charge is 0.155 e. The van der Waals surface area contributed by atoms with Crippen molar-refractivity contribution in [2.75, 3.05) is 5.32 Å². The standard InChI is InChI=1S/C10H13Cl2NO/c1-6-4-3-5-7(2)8(6)13-10(14)9(11)12/h3-5,9-10,13-14H,1-2H3. The lowest BCUT2D eigenvalue weighted by Crippen LogP contribution is -2.26. The highest BCUT2D eigenvalue weighted by molar-refractivity contribution is 6.44. The molecule has 0 bridgehead atoms. The highest BCUT2D eigenvalue weighted by Crippen LogP contribution is 2.21. The van der Waals surface area contributed by atoms with Crippen LogP contribution in [-0.4, -0.2) is 16.2 Å². The van der Waals surface area contributed by atoms with E-state index < -0.39 is 11.1 Å². The van der Waals surface area contributed by atoms with Crippen LogP contribution < -0.4 is 5.32 Å². The van der Waals surface area contributed by atoms with Crippen molar-refractivity contribution < 1.29 is 5.11 Å². The third-order valence-electron chi connectivity index (χ3n) is 2.01. The molecule has 0 saturated carbocycles. The minimum absolute atomic E-state index is 0.839. The Balaban J connectivity index is 2.85. The number of halogens is 2. The van der Waals surface area contributed by atoms with E-state index in [1.54, 1.807) is 0 Å². The minimum Gasteiger partial charge on any atom is -0.371 e. The van der Waals surface area contributed by atoms with Gasteiger partial charge in [-0.25, -0.2) is 0 Å². The molecule has 0 fully saturated rings. The number of alkyl halides is 2. The Bertz CT molecular complexity index is 295. The number of anilines is 1. The van der Waals surface area contributed by atoms with Gasteiger partial charge in [0.1, 0.15) is 0 Å². The number of hydrogen-bond acceptors (Lipinski definition) is 2. The summed E-state index contributed by atoms with van der Waals surface area (Å²) in [4.78, 5) is -0.839. The number of nitrogens with one attached hydrogen (secondary N) is 1. The Morgan fingerprint density at radius 2 is 1.71 bits per heavy atom. The van der Waals surface area contributed by atoms with Crippen LogP contribution in [0.1, 0.15) is 11.1 Å². The second kappa shape index (κ2) is 4.87. The Hall–Kier alpha value is -0.440. The largest absolute Gasteiger partial charge is 0.371 e. The number of rotatable bonds is 3. The fraction of sp³-hybridized carbons (Fsp3) is 0.400. The van der Waals surface area contributed by atoms with Crippen molar-refractivity contribution in [2.24, 2.45) is 0 Å². The molecule has 2 N–H and O–H groups in total. The second-order valence-electron chi connectivity index (χ2n) is 3.19. The van der Waals surface area contributed by atoms with Gasteiger partial charge in [-0.05, 0) is 25.0 Å². The van der Waals surface area contributed by atoms with Crippen LogP contribution >= 0.6 is 23.2 Å². The van der Waals surface area contributed by atoms with E-state index >= 15 is 0 Å². The normalized spacial score (nSPS) is 13.0. The molecule has 0 aliphatic carbocycles. The van der Waals surface area contributed by atoms with E-state index in [0.717, 1.165) is 16.8 Å². The van der Waals surface area contributed by atoms with Crippen LogP contribution in [0, 0.1) is 13.8 Å². The van der Waals surface area contributed by atoms with Crippen molar-refractivity contribution in [3.8, 4) is 0 Å². The molecule has 0 amide bonds. The maximum atomic E-state index is 9.45. The first kappa shape index (κ1) is 11.6. The van der Waals surface area contributed by atoms with Crippen molar-refractivity contribution in [1.82, 2.24) is 0 Å². The molecule has 1 atom stereocenters. The summed E-state index contributed by atoms with van der Waals surface area (Å²) in [6.45, 7) is 3.92. The molecule has 0 heterocycles. The van der Waals surface area contributed by atoms with Crippen LogP contribution in [0.15, 0.2) is 18.2 Å². The Morgan fingerprint density at radius 3 is 2.14 bits per heavy atom. The molecule has 2 nitrogen and oxygen atoms in total. The Labute approximate surface area is 93.8 Å². The van der Waals surface area contributed by atoms with Crippen LogP contribution in [-0.2, 0) is 0 Å². The molecular formula is C10H13Cl2NO. The van der Waals surface area contributed by atoms with Crippen molar-refractivity contribution in [3.05, 3.63) is 29.3 Å². The zero-order valence-electron chi connectivity index (χ0n) is 8.09. The lowest BCUT2D eigenvalue weighted by molar-refractivity contribution is 0.218. The molecule has 0 aromatic heterocycles. The predicted molar refractivity (Wildman–Crippen MR) is 61.0 cm³/mol. The number of hydrogen-bond donors (Lipinski definition) is 2. The summed E-state index contributed by atoms with van der Waals surface area (Å²) in [5.74, 6) is 0. The molecule has 1 unspecified atom stereocenters. The van der Waals surface area contributed by atoms with Crippen LogP contribution in [0.4, 0.5) is 5.69 Å². The fourth-order valence-electron chi connectivity index (χ4n) is 1.25. The zero-order valence-corrected chi connectivity index (χ0v) is 9.60. The van der Waals surface area contributed by atoms with Gasteiger partial charge in [0.2, 0.25) is 0 Å². The van der Waals surface area contributed by atoms with Crippen molar-refractivity contribution >= 4 is 28.9 Å². The van der Waals surface area contributed by atoms with Crippen LogP contribution in [0.2, 0.25) is 0 Å². The first-order valence-corrected chi connectivity index (χ1v) is 5.18. The molecule has 0 saturated heterocycles. The molecule has 1 rings (SSSR count). The van der Waals surface area contributed by atoms with Gasteiger partial charge in [-0.3, -0.25) is 0 Å². The first-order valence-electron chi connectivity index (χ1n) is 4.31. The molecule has 0 aliphatic heterocycles. The number of para-hydroxylation sites is 1. The van der Waals surface area contributed by atoms with Crippen LogP contribution in [0.5, 0.6) is 0 Å². The Morgan fingerprint density at radius 1 is 1.21 bits per heavy atom. The monoisotopic (exact) mass is 233 g/mol. The summed E-state index contributed by atoms with van der Waals surface area (Å²) in [7, 11) is 0. The lowest BCUT2D eigenvalue weighted by atomic mass is 10.1. The molecule has 78 valence electrons. The highest BCUT2D eigenvalue weighted by atomic mass is 35.5. The molecule has 1 aromatic carbocycles. The maximum Gasteiger partial charge on any atom is 0.155 e. The molecule has 1 aromatic rings. The van der Waals surface area contributed by atoms with E-state index in [-0.39, 0.29) is 0 Å². The molecule has 0 aliphatic rings. The summed E-state index contributed by atoms with van der Waals surface area (Å²) in [6, 6.07) is 5.88. The van der Waals surface area contributed by atoms with E-state index in [1.807, 2.05) is 32.0 Å².